The molecule has 1 radical (unpaired) electrons. The van der Waals surface area contributed by atoms with Gasteiger partial charge in [0.25, 0.3) is 0 Å². The maximum Gasteiger partial charge on any atom is 0.127 e. The molecule has 3 aromatic rings. The van der Waals surface area contributed by atoms with Gasteiger partial charge in [0.2, 0.25) is 0 Å². The number of hydrogen-bond donors (Lipinski definition) is 0. The summed E-state index contributed by atoms with van der Waals surface area (Å²) in [4.78, 5) is 0. The van der Waals surface area contributed by atoms with Crippen molar-refractivity contribution in [1.29, 1.82) is 0 Å². The summed E-state index contributed by atoms with van der Waals surface area (Å²) in [5, 5.41) is 0. The summed E-state index contributed by atoms with van der Waals surface area (Å²) >= 11 is 0. The summed E-state index contributed by atoms with van der Waals surface area (Å²) in [6, 6.07) is 25.0. The molecular formula is C21H19O. The highest BCUT2D eigenvalue weighted by molar-refractivity contribution is 5.89. The molecule has 0 N–H and O–H groups in total. The van der Waals surface area contributed by atoms with Crippen LogP contribution in [0, 0.1) is 6.92 Å². The molecule has 22 heavy (non-hydrogen) atoms. The monoisotopic (exact) mass is 287 g/mol. The summed E-state index contributed by atoms with van der Waals surface area (Å²) in [6.07, 6.45) is 0.744. The fourth-order valence-corrected chi connectivity index (χ4v) is 2.83. The van der Waals surface area contributed by atoms with Crippen molar-refractivity contribution in [3.05, 3.63) is 85.3 Å². The van der Waals surface area contributed by atoms with Crippen LogP contribution < -0.4 is 4.74 Å². The van der Waals surface area contributed by atoms with Gasteiger partial charge in [-0.15, -0.1) is 0 Å². The normalized spacial score (nSPS) is 10.5. The number of hydrogen-bond acceptors (Lipinski definition) is 1. The molecule has 109 valence electrons. The quantitative estimate of drug-likeness (QED) is 0.623. The van der Waals surface area contributed by atoms with Crippen LogP contribution in [0.3, 0.4) is 0 Å². The van der Waals surface area contributed by atoms with Crippen molar-refractivity contribution >= 4 is 0 Å². The van der Waals surface area contributed by atoms with Crippen LogP contribution in [0.15, 0.2) is 72.8 Å². The Bertz CT molecular complexity index is 679. The first-order valence-corrected chi connectivity index (χ1v) is 7.45. The van der Waals surface area contributed by atoms with Crippen LogP contribution in [0.25, 0.3) is 22.3 Å². The highest BCUT2D eigenvalue weighted by Crippen LogP contribution is 2.41. The van der Waals surface area contributed by atoms with E-state index in [-0.39, 0.29) is 0 Å². The number of benzene rings is 3. The van der Waals surface area contributed by atoms with Crippen LogP contribution in [0.2, 0.25) is 0 Å². The molecule has 0 spiro atoms. The van der Waals surface area contributed by atoms with E-state index >= 15 is 0 Å². The smallest absolute Gasteiger partial charge is 0.127 e. The van der Waals surface area contributed by atoms with Crippen LogP contribution in [0.1, 0.15) is 5.56 Å². The number of rotatable bonds is 4. The van der Waals surface area contributed by atoms with E-state index in [0.717, 1.165) is 23.3 Å². The minimum Gasteiger partial charge on any atom is -0.496 e. The second-order valence-electron chi connectivity index (χ2n) is 5.16. The maximum atomic E-state index is 5.64. The summed E-state index contributed by atoms with van der Waals surface area (Å²) in [6.45, 7) is 4.09. The average molecular weight is 287 g/mol. The van der Waals surface area contributed by atoms with E-state index in [1.54, 1.807) is 7.11 Å². The molecule has 0 heterocycles. The fraction of sp³-hybridized carbons (Fsp3) is 0.0952. The molecule has 0 atom stereocenters. The van der Waals surface area contributed by atoms with Crippen LogP contribution >= 0.6 is 0 Å². The van der Waals surface area contributed by atoms with Gasteiger partial charge in [-0.2, -0.15) is 0 Å². The molecule has 3 aromatic carbocycles. The van der Waals surface area contributed by atoms with E-state index in [0.29, 0.717) is 0 Å². The van der Waals surface area contributed by atoms with Crippen molar-refractivity contribution in [2.24, 2.45) is 0 Å². The maximum absolute atomic E-state index is 5.64. The first kappa shape index (κ1) is 14.4. The minimum atomic E-state index is 0.744. The molecule has 0 saturated heterocycles. The van der Waals surface area contributed by atoms with E-state index in [2.05, 4.69) is 61.5 Å². The number of ether oxygens (including phenoxy) is 1. The Morgan fingerprint density at radius 1 is 0.727 bits per heavy atom. The largest absolute Gasteiger partial charge is 0.496 e. The van der Waals surface area contributed by atoms with Gasteiger partial charge < -0.3 is 4.74 Å². The van der Waals surface area contributed by atoms with Crippen molar-refractivity contribution in [3.63, 3.8) is 0 Å². The predicted octanol–water partition coefficient (Wildman–Crippen LogP) is 5.41. The van der Waals surface area contributed by atoms with Gasteiger partial charge in [0, 0.05) is 5.56 Å². The van der Waals surface area contributed by atoms with Gasteiger partial charge in [0.1, 0.15) is 5.75 Å². The molecule has 1 heteroatoms. The molecule has 0 amide bonds. The van der Waals surface area contributed by atoms with E-state index < -0.39 is 0 Å². The topological polar surface area (TPSA) is 9.23 Å². The Morgan fingerprint density at radius 2 is 1.27 bits per heavy atom. The van der Waals surface area contributed by atoms with E-state index in [4.69, 9.17) is 4.74 Å². The molecule has 0 aliphatic carbocycles. The third-order valence-corrected chi connectivity index (χ3v) is 3.87. The molecule has 0 aliphatic heterocycles. The standard InChI is InChI=1S/C21H19O/c1-3-16-14-15-19(22-2)21(18-12-8-5-9-13-18)20(16)17-10-6-4-7-11-17/h4-15H,1,3H2,2H3. The molecule has 3 rings (SSSR count). The van der Waals surface area contributed by atoms with E-state index in [1.807, 2.05) is 18.2 Å². The summed E-state index contributed by atoms with van der Waals surface area (Å²) < 4.78 is 5.64. The summed E-state index contributed by atoms with van der Waals surface area (Å²) in [5.74, 6) is 0.891. The molecule has 0 fully saturated rings. The molecular weight excluding hydrogens is 268 g/mol. The summed E-state index contributed by atoms with van der Waals surface area (Å²) in [5.41, 5.74) is 5.93. The molecule has 1 nitrogen and oxygen atoms in total. The van der Waals surface area contributed by atoms with Crippen LogP contribution in [0.4, 0.5) is 0 Å². The van der Waals surface area contributed by atoms with Gasteiger partial charge in [-0.05, 0) is 41.7 Å². The van der Waals surface area contributed by atoms with Crippen LogP contribution in [0.5, 0.6) is 5.75 Å². The van der Waals surface area contributed by atoms with Crippen molar-refractivity contribution in [1.82, 2.24) is 0 Å². The second kappa shape index (κ2) is 6.48. The minimum absolute atomic E-state index is 0.744. The first-order valence-electron chi connectivity index (χ1n) is 7.45. The highest BCUT2D eigenvalue weighted by Gasteiger charge is 2.16. The van der Waals surface area contributed by atoms with Crippen molar-refractivity contribution in [2.75, 3.05) is 7.11 Å². The third-order valence-electron chi connectivity index (χ3n) is 3.87. The van der Waals surface area contributed by atoms with Gasteiger partial charge in [-0.3, -0.25) is 0 Å². The first-order chi connectivity index (χ1) is 10.8. The van der Waals surface area contributed by atoms with Gasteiger partial charge in [-0.25, -0.2) is 0 Å². The molecule has 0 aromatic heterocycles. The Kier molecular flexibility index (Phi) is 4.24. The zero-order valence-electron chi connectivity index (χ0n) is 12.8. The lowest BCUT2D eigenvalue weighted by molar-refractivity contribution is 0.416. The van der Waals surface area contributed by atoms with Crippen molar-refractivity contribution in [3.8, 4) is 28.0 Å². The number of methoxy groups -OCH3 is 1. The van der Waals surface area contributed by atoms with Gasteiger partial charge in [0.15, 0.2) is 0 Å². The van der Waals surface area contributed by atoms with Gasteiger partial charge in [-0.1, -0.05) is 66.7 Å². The van der Waals surface area contributed by atoms with Crippen molar-refractivity contribution < 1.29 is 4.74 Å². The molecule has 0 saturated carbocycles. The van der Waals surface area contributed by atoms with Crippen LogP contribution in [-0.2, 0) is 6.42 Å². The second-order valence-corrected chi connectivity index (χ2v) is 5.16. The van der Waals surface area contributed by atoms with Crippen LogP contribution in [-0.4, -0.2) is 7.11 Å². The average Bonchev–Trinajstić information content (AvgIpc) is 2.61. The Morgan fingerprint density at radius 3 is 1.77 bits per heavy atom. The fourth-order valence-electron chi connectivity index (χ4n) is 2.83. The molecule has 0 aliphatic rings. The molecule has 0 bridgehead atoms. The van der Waals surface area contributed by atoms with E-state index in [1.165, 1.54) is 16.7 Å². The zero-order valence-corrected chi connectivity index (χ0v) is 12.8. The Hall–Kier alpha value is -2.54. The van der Waals surface area contributed by atoms with Gasteiger partial charge in [0.05, 0.1) is 7.11 Å². The highest BCUT2D eigenvalue weighted by atomic mass is 16.5. The SMILES string of the molecule is [CH2]Cc1ccc(OC)c(-c2ccccc2)c1-c1ccccc1. The zero-order chi connectivity index (χ0) is 15.4. The summed E-state index contributed by atoms with van der Waals surface area (Å²) in [7, 11) is 1.72. The van der Waals surface area contributed by atoms with Crippen molar-refractivity contribution in [2.45, 2.75) is 6.42 Å². The Labute approximate surface area is 132 Å². The Balaban J connectivity index is 2.35. The lowest BCUT2D eigenvalue weighted by Gasteiger charge is -2.18. The third kappa shape index (κ3) is 2.62. The van der Waals surface area contributed by atoms with Gasteiger partial charge >= 0.3 is 0 Å². The van der Waals surface area contributed by atoms with E-state index in [9.17, 15) is 0 Å². The lowest BCUT2D eigenvalue weighted by atomic mass is 9.89. The lowest BCUT2D eigenvalue weighted by Crippen LogP contribution is -1.96. The molecule has 0 unspecified atom stereocenters. The predicted molar refractivity (Wildman–Crippen MR) is 92.9 cm³/mol.